The third-order valence-corrected chi connectivity index (χ3v) is 3.57. The molecule has 0 fully saturated rings. The maximum absolute atomic E-state index is 13.0. The summed E-state index contributed by atoms with van der Waals surface area (Å²) >= 11 is 0. The van der Waals surface area contributed by atoms with Crippen LogP contribution in [0.1, 0.15) is 24.7 Å². The first-order chi connectivity index (χ1) is 9.45. The van der Waals surface area contributed by atoms with Gasteiger partial charge < -0.3 is 0 Å². The molecule has 0 radical (unpaired) electrons. The van der Waals surface area contributed by atoms with E-state index in [0.29, 0.717) is 5.92 Å². The monoisotopic (exact) mass is 281 g/mol. The molecule has 1 aromatic heterocycles. The van der Waals surface area contributed by atoms with E-state index >= 15 is 0 Å². The molecule has 1 atom stereocenters. The van der Waals surface area contributed by atoms with E-state index in [0.717, 1.165) is 31.3 Å². The molecule has 20 heavy (non-hydrogen) atoms. The van der Waals surface area contributed by atoms with Crippen molar-refractivity contribution in [2.45, 2.75) is 32.5 Å². The van der Waals surface area contributed by atoms with Gasteiger partial charge in [0.15, 0.2) is 5.82 Å². The zero-order chi connectivity index (χ0) is 14.3. The Labute approximate surface area is 114 Å². The number of halogens is 3. The fourth-order valence-electron chi connectivity index (χ4n) is 2.51. The molecule has 1 unspecified atom stereocenters. The van der Waals surface area contributed by atoms with Gasteiger partial charge in [0.05, 0.1) is 5.56 Å². The van der Waals surface area contributed by atoms with Crippen LogP contribution in [-0.2, 0) is 19.1 Å². The van der Waals surface area contributed by atoms with Crippen LogP contribution in [0.15, 0.2) is 24.3 Å². The first-order valence-electron chi connectivity index (χ1n) is 6.55. The van der Waals surface area contributed by atoms with Crippen LogP contribution in [0, 0.1) is 5.92 Å². The Balaban J connectivity index is 2.07. The normalized spacial score (nSPS) is 18.9. The van der Waals surface area contributed by atoms with E-state index in [-0.39, 0.29) is 11.4 Å². The molecule has 3 nitrogen and oxygen atoms in total. The first kappa shape index (κ1) is 13.1. The van der Waals surface area contributed by atoms with E-state index in [4.69, 9.17) is 0 Å². The van der Waals surface area contributed by atoms with Crippen molar-refractivity contribution >= 4 is 0 Å². The molecule has 1 aliphatic heterocycles. The summed E-state index contributed by atoms with van der Waals surface area (Å²) in [6, 6.07) is 5.45. The molecular weight excluding hydrogens is 267 g/mol. The second kappa shape index (κ2) is 4.61. The molecule has 106 valence electrons. The average molecular weight is 281 g/mol. The van der Waals surface area contributed by atoms with Gasteiger partial charge in [-0.05, 0) is 18.4 Å². The Morgan fingerprint density at radius 2 is 2.00 bits per heavy atom. The van der Waals surface area contributed by atoms with Gasteiger partial charge in [-0.3, -0.25) is 0 Å². The van der Waals surface area contributed by atoms with Crippen molar-refractivity contribution in [1.29, 1.82) is 0 Å². The molecular formula is C14H14F3N3. The Hall–Kier alpha value is -1.85. The fourth-order valence-corrected chi connectivity index (χ4v) is 2.51. The zero-order valence-corrected chi connectivity index (χ0v) is 11.0. The summed E-state index contributed by atoms with van der Waals surface area (Å²) in [5.41, 5.74) is -0.634. The number of benzene rings is 1. The number of nitrogens with zero attached hydrogens (tertiary/aromatic N) is 3. The highest BCUT2D eigenvalue weighted by molar-refractivity contribution is 5.60. The van der Waals surface area contributed by atoms with Gasteiger partial charge in [0.1, 0.15) is 5.82 Å². The maximum Gasteiger partial charge on any atom is 0.417 e. The van der Waals surface area contributed by atoms with Gasteiger partial charge in [0, 0.05) is 18.5 Å². The molecule has 1 aliphatic rings. The molecule has 0 aliphatic carbocycles. The largest absolute Gasteiger partial charge is 0.417 e. The van der Waals surface area contributed by atoms with Gasteiger partial charge in [0.2, 0.25) is 0 Å². The molecule has 0 amide bonds. The number of aromatic nitrogens is 3. The van der Waals surface area contributed by atoms with Crippen LogP contribution in [0.5, 0.6) is 0 Å². The summed E-state index contributed by atoms with van der Waals surface area (Å²) in [6.07, 6.45) is -2.63. The van der Waals surface area contributed by atoms with Gasteiger partial charge in [-0.2, -0.15) is 18.3 Å². The van der Waals surface area contributed by atoms with Crippen molar-refractivity contribution in [2.24, 2.45) is 5.92 Å². The van der Waals surface area contributed by atoms with E-state index in [2.05, 4.69) is 17.0 Å². The zero-order valence-electron chi connectivity index (χ0n) is 11.0. The van der Waals surface area contributed by atoms with E-state index in [9.17, 15) is 13.2 Å². The van der Waals surface area contributed by atoms with Crippen molar-refractivity contribution in [3.05, 3.63) is 35.7 Å². The molecule has 0 saturated carbocycles. The van der Waals surface area contributed by atoms with Crippen LogP contribution in [0.3, 0.4) is 0 Å². The molecule has 6 heteroatoms. The molecule has 2 heterocycles. The number of hydrogen-bond acceptors (Lipinski definition) is 2. The number of fused-ring (bicyclic) bond motifs is 1. The fraction of sp³-hybridized carbons (Fsp3) is 0.429. The summed E-state index contributed by atoms with van der Waals surface area (Å²) in [4.78, 5) is 4.28. The van der Waals surface area contributed by atoms with Crippen molar-refractivity contribution < 1.29 is 13.2 Å². The number of alkyl halides is 3. The Morgan fingerprint density at radius 1 is 1.25 bits per heavy atom. The van der Waals surface area contributed by atoms with Crippen LogP contribution in [0.25, 0.3) is 11.4 Å². The predicted octanol–water partition coefficient (Wildman–Crippen LogP) is 3.55. The van der Waals surface area contributed by atoms with E-state index in [1.165, 1.54) is 12.1 Å². The van der Waals surface area contributed by atoms with Crippen molar-refractivity contribution in [3.63, 3.8) is 0 Å². The second-order valence-corrected chi connectivity index (χ2v) is 5.22. The molecule has 0 N–H and O–H groups in total. The quantitative estimate of drug-likeness (QED) is 0.800. The van der Waals surface area contributed by atoms with E-state index in [1.807, 2.05) is 0 Å². The minimum absolute atomic E-state index is 0.0505. The van der Waals surface area contributed by atoms with Crippen molar-refractivity contribution in [1.82, 2.24) is 14.8 Å². The summed E-state index contributed by atoms with van der Waals surface area (Å²) in [7, 11) is 0. The molecule has 0 bridgehead atoms. The van der Waals surface area contributed by atoms with Crippen LogP contribution in [0.2, 0.25) is 0 Å². The average Bonchev–Trinajstić information content (AvgIpc) is 2.80. The van der Waals surface area contributed by atoms with Crippen LogP contribution in [-0.4, -0.2) is 14.8 Å². The van der Waals surface area contributed by atoms with Crippen molar-refractivity contribution in [2.75, 3.05) is 0 Å². The predicted molar refractivity (Wildman–Crippen MR) is 67.9 cm³/mol. The Bertz CT molecular complexity index is 631. The van der Waals surface area contributed by atoms with Gasteiger partial charge in [-0.1, -0.05) is 25.1 Å². The van der Waals surface area contributed by atoms with Gasteiger partial charge in [0.25, 0.3) is 0 Å². The van der Waals surface area contributed by atoms with Gasteiger partial charge in [-0.15, -0.1) is 0 Å². The number of hydrogen-bond donors (Lipinski definition) is 0. The SMILES string of the molecule is CC1CCc2nc(-c3ccccc3C(F)(F)F)nn2C1. The lowest BCUT2D eigenvalue weighted by Gasteiger charge is -2.17. The van der Waals surface area contributed by atoms with Crippen molar-refractivity contribution in [3.8, 4) is 11.4 Å². The highest BCUT2D eigenvalue weighted by Gasteiger charge is 2.34. The molecule has 0 spiro atoms. The van der Waals surface area contributed by atoms with Crippen LogP contribution >= 0.6 is 0 Å². The summed E-state index contributed by atoms with van der Waals surface area (Å²) in [5.74, 6) is 1.42. The third-order valence-electron chi connectivity index (χ3n) is 3.57. The third kappa shape index (κ3) is 2.30. The number of rotatable bonds is 1. The lowest BCUT2D eigenvalue weighted by Crippen LogP contribution is -2.18. The Kier molecular flexibility index (Phi) is 3.03. The summed E-state index contributed by atoms with van der Waals surface area (Å²) in [5, 5.41) is 4.25. The first-order valence-corrected chi connectivity index (χ1v) is 6.55. The van der Waals surface area contributed by atoms with E-state index in [1.54, 1.807) is 10.7 Å². The number of aryl methyl sites for hydroxylation is 1. The van der Waals surface area contributed by atoms with Crippen LogP contribution < -0.4 is 0 Å². The Morgan fingerprint density at radius 3 is 2.75 bits per heavy atom. The molecule has 0 saturated heterocycles. The standard InChI is InChI=1S/C14H14F3N3/c1-9-6-7-12-18-13(19-20(12)8-9)10-4-2-3-5-11(10)14(15,16)17/h2-5,9H,6-8H2,1H3. The molecule has 2 aromatic rings. The summed E-state index contributed by atoms with van der Waals surface area (Å²) < 4.78 is 40.8. The topological polar surface area (TPSA) is 30.7 Å². The molecule has 1 aromatic carbocycles. The lowest BCUT2D eigenvalue weighted by atomic mass is 10.0. The summed E-state index contributed by atoms with van der Waals surface area (Å²) in [6.45, 7) is 2.82. The lowest BCUT2D eigenvalue weighted by molar-refractivity contribution is -0.137. The second-order valence-electron chi connectivity index (χ2n) is 5.22. The van der Waals surface area contributed by atoms with Crippen LogP contribution in [0.4, 0.5) is 13.2 Å². The minimum atomic E-state index is -4.39. The maximum atomic E-state index is 13.0. The van der Waals surface area contributed by atoms with E-state index < -0.39 is 11.7 Å². The minimum Gasteiger partial charge on any atom is -0.249 e. The van der Waals surface area contributed by atoms with Gasteiger partial charge in [-0.25, -0.2) is 9.67 Å². The smallest absolute Gasteiger partial charge is 0.249 e. The highest BCUT2D eigenvalue weighted by Crippen LogP contribution is 2.36. The molecule has 3 rings (SSSR count). The van der Waals surface area contributed by atoms with Gasteiger partial charge >= 0.3 is 6.18 Å². The highest BCUT2D eigenvalue weighted by atomic mass is 19.4.